The van der Waals surface area contributed by atoms with Gasteiger partial charge in [-0.1, -0.05) is 153 Å². The lowest BCUT2D eigenvalue weighted by Gasteiger charge is -2.42. The molecule has 0 aliphatic heterocycles. The molecule has 0 saturated carbocycles. The van der Waals surface area contributed by atoms with Crippen LogP contribution in [-0.2, 0) is 0 Å². The van der Waals surface area contributed by atoms with Crippen molar-refractivity contribution in [3.63, 3.8) is 0 Å². The van der Waals surface area contributed by atoms with Gasteiger partial charge in [0.1, 0.15) is 5.75 Å². The second kappa shape index (κ2) is 14.8. The minimum absolute atomic E-state index is 0.181. The summed E-state index contributed by atoms with van der Waals surface area (Å²) in [5, 5.41) is 4.59. The molecule has 7 aromatic carbocycles. The first-order chi connectivity index (χ1) is 26.7. The molecule has 54 heavy (non-hydrogen) atoms. The fourth-order valence-electron chi connectivity index (χ4n) is 8.72. The summed E-state index contributed by atoms with van der Waals surface area (Å²) in [6.45, 7) is 5.13. The van der Waals surface area contributed by atoms with E-state index in [1.807, 2.05) is 0 Å². The van der Waals surface area contributed by atoms with Gasteiger partial charge in [0.25, 0.3) is 0 Å². The molecule has 1 nitrogen and oxygen atoms in total. The van der Waals surface area contributed by atoms with Crippen molar-refractivity contribution >= 4 is 21.5 Å². The van der Waals surface area contributed by atoms with Crippen LogP contribution in [0.15, 0.2) is 133 Å². The Kier molecular flexibility index (Phi) is 9.25. The lowest BCUT2D eigenvalue weighted by Crippen LogP contribution is -2.27. The van der Waals surface area contributed by atoms with E-state index < -0.39 is 0 Å². The number of hydrogen-bond donors (Lipinski definition) is 0. The Hall–Kier alpha value is -6.02. The molecule has 2 bridgehead atoms. The summed E-state index contributed by atoms with van der Waals surface area (Å²) >= 11 is 0. The van der Waals surface area contributed by atoms with Crippen molar-refractivity contribution in [2.75, 3.05) is 6.61 Å². The molecule has 10 rings (SSSR count). The van der Waals surface area contributed by atoms with Crippen LogP contribution in [0.3, 0.4) is 0 Å². The molecule has 262 valence electrons. The topological polar surface area (TPSA) is 9.23 Å². The van der Waals surface area contributed by atoms with Crippen molar-refractivity contribution in [3.8, 4) is 29.4 Å². The van der Waals surface area contributed by atoms with E-state index in [9.17, 15) is 0 Å². The average molecular weight is 697 g/mol. The predicted octanol–water partition coefficient (Wildman–Crippen LogP) is 12.8. The van der Waals surface area contributed by atoms with E-state index in [2.05, 4.69) is 171 Å². The van der Waals surface area contributed by atoms with Gasteiger partial charge in [-0.15, -0.1) is 0 Å². The van der Waals surface area contributed by atoms with Gasteiger partial charge in [0.2, 0.25) is 0 Å². The van der Waals surface area contributed by atoms with Gasteiger partial charge >= 0.3 is 0 Å². The van der Waals surface area contributed by atoms with Gasteiger partial charge in [0.05, 0.1) is 6.61 Å². The highest BCUT2D eigenvalue weighted by atomic mass is 16.5. The van der Waals surface area contributed by atoms with Crippen molar-refractivity contribution < 1.29 is 4.74 Å². The van der Waals surface area contributed by atoms with Gasteiger partial charge < -0.3 is 4.74 Å². The fraction of sp³-hybridized carbons (Fsp3) is 0.208. The standard InChI is InChI=1S/C53H44O/c1-3-4-5-6-7-14-33-54-39-29-25-38(26-30-39)28-32-43-41-16-9-8-15-40(41)42(31-27-37-23-21-36(2)22-24-37)48-34-50-51(35-49(43)48)53-46-19-12-10-17-44(46)52(50)45-18-11-13-20-47(45)53/h8-13,15-26,29-30,34-35,52-53H,3-7,14,33H2,1-2H3. The van der Waals surface area contributed by atoms with Crippen molar-refractivity contribution in [3.05, 3.63) is 195 Å². The third-order valence-electron chi connectivity index (χ3n) is 11.4. The summed E-state index contributed by atoms with van der Waals surface area (Å²) in [5.41, 5.74) is 13.8. The van der Waals surface area contributed by atoms with E-state index in [0.29, 0.717) is 0 Å². The first kappa shape index (κ1) is 33.8. The Morgan fingerprint density at radius 2 is 0.889 bits per heavy atom. The summed E-state index contributed by atoms with van der Waals surface area (Å²) in [6, 6.07) is 48.5. The molecule has 0 saturated heterocycles. The molecular weight excluding hydrogens is 653 g/mol. The van der Waals surface area contributed by atoms with Gasteiger partial charge in [-0.2, -0.15) is 0 Å². The van der Waals surface area contributed by atoms with Crippen LogP contribution in [0.25, 0.3) is 21.5 Å². The van der Waals surface area contributed by atoms with Gasteiger partial charge in [-0.05, 0) is 117 Å². The summed E-state index contributed by atoms with van der Waals surface area (Å²) in [4.78, 5) is 0. The zero-order valence-corrected chi connectivity index (χ0v) is 31.2. The van der Waals surface area contributed by atoms with Crippen LogP contribution < -0.4 is 4.74 Å². The third kappa shape index (κ3) is 6.25. The highest BCUT2D eigenvalue weighted by Crippen LogP contribution is 2.56. The Labute approximate surface area is 320 Å². The van der Waals surface area contributed by atoms with Crippen LogP contribution >= 0.6 is 0 Å². The maximum Gasteiger partial charge on any atom is 0.119 e. The molecule has 0 atom stereocenters. The van der Waals surface area contributed by atoms with Crippen LogP contribution in [0.2, 0.25) is 0 Å². The normalized spacial score (nSPS) is 14.7. The van der Waals surface area contributed by atoms with Gasteiger partial charge in [0.15, 0.2) is 0 Å². The van der Waals surface area contributed by atoms with Crippen LogP contribution in [0, 0.1) is 30.6 Å². The molecule has 0 amide bonds. The van der Waals surface area contributed by atoms with Crippen molar-refractivity contribution in [2.24, 2.45) is 0 Å². The van der Waals surface area contributed by atoms with Crippen molar-refractivity contribution in [1.82, 2.24) is 0 Å². The van der Waals surface area contributed by atoms with Crippen LogP contribution in [0.1, 0.15) is 118 Å². The number of hydrogen-bond acceptors (Lipinski definition) is 1. The largest absolute Gasteiger partial charge is 0.494 e. The third-order valence-corrected chi connectivity index (χ3v) is 11.4. The SMILES string of the molecule is CCCCCCCCOc1ccc(C#Cc2c3ccccc3c(C#Cc3ccc(C)cc3)c3cc4c(cc23)C2c3ccccc3C4c3ccccc32)cc1. The quantitative estimate of drug-likeness (QED) is 0.0873. The molecule has 0 radical (unpaired) electrons. The molecule has 1 heteroatoms. The lowest BCUT2D eigenvalue weighted by atomic mass is 9.60. The lowest BCUT2D eigenvalue weighted by molar-refractivity contribution is 0.304. The van der Waals surface area contributed by atoms with E-state index in [-0.39, 0.29) is 11.8 Å². The molecule has 0 spiro atoms. The zero-order valence-electron chi connectivity index (χ0n) is 31.2. The second-order valence-electron chi connectivity index (χ2n) is 15.0. The zero-order chi connectivity index (χ0) is 36.4. The predicted molar refractivity (Wildman–Crippen MR) is 225 cm³/mol. The number of fused-ring (bicyclic) bond motifs is 2. The van der Waals surface area contributed by atoms with Crippen LogP contribution in [0.5, 0.6) is 5.75 Å². The Balaban J connectivity index is 1.17. The molecule has 7 aromatic rings. The molecule has 0 unspecified atom stereocenters. The molecule has 0 N–H and O–H groups in total. The first-order valence-corrected chi connectivity index (χ1v) is 19.7. The molecule has 0 heterocycles. The number of ether oxygens (including phenoxy) is 1. The minimum Gasteiger partial charge on any atom is -0.494 e. The van der Waals surface area contributed by atoms with Crippen molar-refractivity contribution in [2.45, 2.75) is 64.2 Å². The van der Waals surface area contributed by atoms with E-state index in [1.54, 1.807) is 0 Å². The number of aryl methyl sites for hydroxylation is 1. The molecule has 0 aromatic heterocycles. The Morgan fingerprint density at radius 3 is 1.39 bits per heavy atom. The highest BCUT2D eigenvalue weighted by Gasteiger charge is 2.41. The number of rotatable bonds is 8. The molecule has 3 aliphatic rings. The smallest absolute Gasteiger partial charge is 0.119 e. The Bertz CT molecular complexity index is 2590. The van der Waals surface area contributed by atoms with Crippen LogP contribution in [0.4, 0.5) is 0 Å². The highest BCUT2D eigenvalue weighted by molar-refractivity contribution is 6.10. The van der Waals surface area contributed by atoms with E-state index in [0.717, 1.165) is 62.6 Å². The minimum atomic E-state index is 0.181. The summed E-state index contributed by atoms with van der Waals surface area (Å²) < 4.78 is 6.09. The summed E-state index contributed by atoms with van der Waals surface area (Å²) in [6.07, 6.45) is 7.54. The average Bonchev–Trinajstić information content (AvgIpc) is 3.22. The van der Waals surface area contributed by atoms with E-state index in [1.165, 1.54) is 71.0 Å². The second-order valence-corrected chi connectivity index (χ2v) is 15.0. The molecule has 3 aliphatic carbocycles. The van der Waals surface area contributed by atoms with Crippen molar-refractivity contribution in [1.29, 1.82) is 0 Å². The first-order valence-electron chi connectivity index (χ1n) is 19.7. The maximum atomic E-state index is 6.09. The Morgan fingerprint density at radius 1 is 0.444 bits per heavy atom. The van der Waals surface area contributed by atoms with Crippen LogP contribution in [-0.4, -0.2) is 6.61 Å². The maximum absolute atomic E-state index is 6.09. The summed E-state index contributed by atoms with van der Waals surface area (Å²) in [7, 11) is 0. The molecular formula is C53H44O. The van der Waals surface area contributed by atoms with E-state index >= 15 is 0 Å². The monoisotopic (exact) mass is 696 g/mol. The van der Waals surface area contributed by atoms with Gasteiger partial charge in [-0.25, -0.2) is 0 Å². The molecule has 0 fully saturated rings. The van der Waals surface area contributed by atoms with Gasteiger partial charge in [-0.3, -0.25) is 0 Å². The summed E-state index contributed by atoms with van der Waals surface area (Å²) in [5.74, 6) is 15.7. The number of unbranched alkanes of at least 4 members (excludes halogenated alkanes) is 5. The fourth-order valence-corrected chi connectivity index (χ4v) is 8.72. The van der Waals surface area contributed by atoms with Gasteiger partial charge in [0, 0.05) is 34.1 Å². The number of benzene rings is 7. The van der Waals surface area contributed by atoms with E-state index in [4.69, 9.17) is 4.74 Å².